The Bertz CT molecular complexity index is 1450. The zero-order valence-corrected chi connectivity index (χ0v) is 23.9. The molecular weight excluding hydrogens is 540 g/mol. The van der Waals surface area contributed by atoms with Crippen LogP contribution in [-0.4, -0.2) is 29.3 Å². The van der Waals surface area contributed by atoms with Gasteiger partial charge < -0.3 is 14.8 Å². The van der Waals surface area contributed by atoms with Crippen molar-refractivity contribution in [2.24, 2.45) is 0 Å². The Hall–Kier alpha value is -3.33. The van der Waals surface area contributed by atoms with Gasteiger partial charge in [0.15, 0.2) is 22.4 Å². The first-order valence-electron chi connectivity index (χ1n) is 12.0. The van der Waals surface area contributed by atoms with E-state index in [-0.39, 0.29) is 18.4 Å². The smallest absolute Gasteiger partial charge is 0.270 e. The van der Waals surface area contributed by atoms with Crippen molar-refractivity contribution in [3.63, 3.8) is 0 Å². The quantitative estimate of drug-likeness (QED) is 0.232. The van der Waals surface area contributed by atoms with Crippen molar-refractivity contribution < 1.29 is 19.1 Å². The summed E-state index contributed by atoms with van der Waals surface area (Å²) in [6, 6.07) is 16.5. The Morgan fingerprint density at radius 2 is 1.84 bits per heavy atom. The monoisotopic (exact) mass is 566 g/mol. The third kappa shape index (κ3) is 6.20. The Morgan fingerprint density at radius 3 is 2.58 bits per heavy atom. The van der Waals surface area contributed by atoms with Crippen LogP contribution in [0, 0.1) is 20.8 Å². The number of ether oxygens (including phenoxy) is 2. The van der Waals surface area contributed by atoms with Crippen molar-refractivity contribution in [3.8, 4) is 11.5 Å². The fraction of sp³-hybridized carbons (Fsp3) is 0.207. The zero-order chi connectivity index (χ0) is 27.4. The van der Waals surface area contributed by atoms with E-state index < -0.39 is 0 Å². The number of anilines is 2. The highest BCUT2D eigenvalue weighted by Gasteiger charge is 2.33. The first-order valence-corrected chi connectivity index (χ1v) is 13.6. The molecule has 0 unspecified atom stereocenters. The molecule has 1 saturated heterocycles. The number of hydrogen-bond acceptors (Lipinski definition) is 6. The van der Waals surface area contributed by atoms with Gasteiger partial charge in [0.05, 0.1) is 17.2 Å². The van der Waals surface area contributed by atoms with Gasteiger partial charge in [-0.15, -0.1) is 0 Å². The van der Waals surface area contributed by atoms with Crippen LogP contribution in [0.2, 0.25) is 5.02 Å². The van der Waals surface area contributed by atoms with Crippen molar-refractivity contribution in [3.05, 3.63) is 86.8 Å². The Morgan fingerprint density at radius 1 is 1.05 bits per heavy atom. The van der Waals surface area contributed by atoms with E-state index in [1.54, 1.807) is 47.4 Å². The molecular formula is C29H27ClN2O4S2. The predicted octanol–water partition coefficient (Wildman–Crippen LogP) is 7.09. The molecule has 38 heavy (non-hydrogen) atoms. The van der Waals surface area contributed by atoms with Crippen molar-refractivity contribution in [2.45, 2.75) is 27.7 Å². The SMILES string of the molecule is CCOc1cc(/C=C2\SC(=S)N(c3ccc(C)c(C)c3)C2=O)ccc1OCC(=O)Nc1cccc(Cl)c1C. The van der Waals surface area contributed by atoms with Gasteiger partial charge in [-0.1, -0.05) is 53.8 Å². The van der Waals surface area contributed by atoms with Crippen LogP contribution in [0.1, 0.15) is 29.2 Å². The number of halogens is 1. The number of aryl methyl sites for hydroxylation is 2. The summed E-state index contributed by atoms with van der Waals surface area (Å²) in [5.41, 5.74) is 5.16. The fourth-order valence-corrected chi connectivity index (χ4v) is 5.25. The molecule has 0 aliphatic carbocycles. The number of carbonyl (C=O) groups excluding carboxylic acids is 2. The summed E-state index contributed by atoms with van der Waals surface area (Å²) < 4.78 is 12.0. The summed E-state index contributed by atoms with van der Waals surface area (Å²) in [6.45, 7) is 7.93. The summed E-state index contributed by atoms with van der Waals surface area (Å²) >= 11 is 12.9. The van der Waals surface area contributed by atoms with Crippen LogP contribution in [0.15, 0.2) is 59.5 Å². The molecule has 3 aromatic carbocycles. The number of benzene rings is 3. The summed E-state index contributed by atoms with van der Waals surface area (Å²) in [5, 5.41) is 3.38. The fourth-order valence-electron chi connectivity index (χ4n) is 3.78. The van der Waals surface area contributed by atoms with Gasteiger partial charge in [0.25, 0.3) is 11.8 Å². The maximum Gasteiger partial charge on any atom is 0.270 e. The molecule has 6 nitrogen and oxygen atoms in total. The Balaban J connectivity index is 1.49. The van der Waals surface area contributed by atoms with Crippen molar-refractivity contribution in [1.82, 2.24) is 0 Å². The minimum atomic E-state index is -0.322. The van der Waals surface area contributed by atoms with E-state index in [4.69, 9.17) is 33.3 Å². The molecule has 0 radical (unpaired) electrons. The summed E-state index contributed by atoms with van der Waals surface area (Å²) in [6.07, 6.45) is 1.78. The zero-order valence-electron chi connectivity index (χ0n) is 21.5. The highest BCUT2D eigenvalue weighted by Crippen LogP contribution is 2.38. The van der Waals surface area contributed by atoms with E-state index in [9.17, 15) is 9.59 Å². The molecule has 2 amide bonds. The first kappa shape index (κ1) is 27.7. The molecule has 0 aromatic heterocycles. The molecule has 1 fully saturated rings. The number of hydrogen-bond donors (Lipinski definition) is 1. The molecule has 0 bridgehead atoms. The number of amides is 2. The van der Waals surface area contributed by atoms with Crippen molar-refractivity contribution in [2.75, 3.05) is 23.4 Å². The lowest BCUT2D eigenvalue weighted by atomic mass is 10.1. The van der Waals surface area contributed by atoms with Crippen LogP contribution >= 0.6 is 35.6 Å². The average Bonchev–Trinajstić information content (AvgIpc) is 3.16. The van der Waals surface area contributed by atoms with Gasteiger partial charge in [0.2, 0.25) is 0 Å². The normalized spacial score (nSPS) is 14.2. The van der Waals surface area contributed by atoms with Crippen LogP contribution in [0.5, 0.6) is 11.5 Å². The number of nitrogens with zero attached hydrogens (tertiary/aromatic N) is 1. The number of carbonyl (C=O) groups is 2. The molecule has 9 heteroatoms. The van der Waals surface area contributed by atoms with E-state index in [2.05, 4.69) is 5.32 Å². The topological polar surface area (TPSA) is 67.9 Å². The highest BCUT2D eigenvalue weighted by atomic mass is 35.5. The summed E-state index contributed by atoms with van der Waals surface area (Å²) in [5.74, 6) is 0.397. The van der Waals surface area contributed by atoms with Crippen LogP contribution in [-0.2, 0) is 9.59 Å². The van der Waals surface area contributed by atoms with Gasteiger partial charge in [-0.2, -0.15) is 0 Å². The molecule has 0 saturated carbocycles. The highest BCUT2D eigenvalue weighted by molar-refractivity contribution is 8.27. The molecule has 1 N–H and O–H groups in total. The molecule has 3 aromatic rings. The molecule has 0 atom stereocenters. The molecule has 4 rings (SSSR count). The second kappa shape index (κ2) is 12.0. The van der Waals surface area contributed by atoms with E-state index >= 15 is 0 Å². The maximum atomic E-state index is 13.2. The number of thioether (sulfide) groups is 1. The third-order valence-electron chi connectivity index (χ3n) is 6.01. The van der Waals surface area contributed by atoms with E-state index in [0.29, 0.717) is 38.0 Å². The predicted molar refractivity (Wildman–Crippen MR) is 159 cm³/mol. The molecule has 196 valence electrons. The van der Waals surface area contributed by atoms with Crippen LogP contribution < -0.4 is 19.7 Å². The molecule has 1 aliphatic rings. The summed E-state index contributed by atoms with van der Waals surface area (Å²) in [4.78, 5) is 27.8. The maximum absolute atomic E-state index is 13.2. The molecule has 1 aliphatic heterocycles. The van der Waals surface area contributed by atoms with Gasteiger partial charge in [-0.25, -0.2) is 0 Å². The van der Waals surface area contributed by atoms with E-state index in [1.165, 1.54) is 11.8 Å². The lowest BCUT2D eigenvalue weighted by Crippen LogP contribution is -2.27. The molecule has 1 heterocycles. The van der Waals surface area contributed by atoms with Crippen LogP contribution in [0.3, 0.4) is 0 Å². The largest absolute Gasteiger partial charge is 0.490 e. The number of rotatable bonds is 8. The Kier molecular flexibility index (Phi) is 8.76. The second-order valence-corrected chi connectivity index (χ2v) is 10.8. The standard InChI is InChI=1S/C29H27ClN2O4S2/c1-5-35-25-14-20(10-12-24(25)36-16-27(33)31-23-8-6-7-22(30)19(23)4)15-26-28(34)32(29(37)38-26)21-11-9-17(2)18(3)13-21/h6-15H,5,16H2,1-4H3,(H,31,33)/b26-15-. The van der Waals surface area contributed by atoms with Crippen molar-refractivity contribution >= 4 is 69.2 Å². The lowest BCUT2D eigenvalue weighted by molar-refractivity contribution is -0.118. The van der Waals surface area contributed by atoms with Gasteiger partial charge >= 0.3 is 0 Å². The minimum absolute atomic E-state index is 0.172. The van der Waals surface area contributed by atoms with Crippen LogP contribution in [0.25, 0.3) is 6.08 Å². The number of nitrogens with one attached hydrogen (secondary N) is 1. The van der Waals surface area contributed by atoms with E-state index in [0.717, 1.165) is 27.9 Å². The lowest BCUT2D eigenvalue weighted by Gasteiger charge is -2.16. The average molecular weight is 567 g/mol. The third-order valence-corrected chi connectivity index (χ3v) is 7.72. The van der Waals surface area contributed by atoms with Crippen molar-refractivity contribution in [1.29, 1.82) is 0 Å². The first-order chi connectivity index (χ1) is 18.2. The summed E-state index contributed by atoms with van der Waals surface area (Å²) in [7, 11) is 0. The van der Waals surface area contributed by atoms with Gasteiger partial charge in [0.1, 0.15) is 0 Å². The van der Waals surface area contributed by atoms with Gasteiger partial charge in [-0.05, 0) is 92.4 Å². The van der Waals surface area contributed by atoms with E-state index in [1.807, 2.05) is 45.9 Å². The van der Waals surface area contributed by atoms with Gasteiger partial charge in [0, 0.05) is 10.7 Å². The molecule has 0 spiro atoms. The Labute approximate surface area is 237 Å². The van der Waals surface area contributed by atoms with Crippen LogP contribution in [0.4, 0.5) is 11.4 Å². The second-order valence-electron chi connectivity index (χ2n) is 8.67. The van der Waals surface area contributed by atoms with Gasteiger partial charge in [-0.3, -0.25) is 14.5 Å². The number of thiocarbonyl (C=S) groups is 1. The minimum Gasteiger partial charge on any atom is -0.490 e.